The van der Waals surface area contributed by atoms with E-state index in [-0.39, 0.29) is 18.4 Å². The summed E-state index contributed by atoms with van der Waals surface area (Å²) in [7, 11) is 0. The van der Waals surface area contributed by atoms with Gasteiger partial charge in [-0.15, -0.1) is 11.3 Å². The van der Waals surface area contributed by atoms with Gasteiger partial charge in [-0.05, 0) is 44.5 Å². The number of carbonyl (C=O) groups excluding carboxylic acids is 1. The number of aromatic nitrogens is 1. The Morgan fingerprint density at radius 3 is 2.52 bits per heavy atom. The number of carbonyl (C=O) groups is 1. The van der Waals surface area contributed by atoms with E-state index in [9.17, 15) is 18.0 Å². The zero-order valence-electron chi connectivity index (χ0n) is 18.4. The lowest BCUT2D eigenvalue weighted by Gasteiger charge is -2.31. The Kier molecular flexibility index (Phi) is 7.14. The van der Waals surface area contributed by atoms with Crippen molar-refractivity contribution in [2.75, 3.05) is 25.0 Å². The Morgan fingerprint density at radius 1 is 1.12 bits per heavy atom. The summed E-state index contributed by atoms with van der Waals surface area (Å²) in [5.74, 6) is -0.0850. The van der Waals surface area contributed by atoms with Gasteiger partial charge in [0.2, 0.25) is 0 Å². The first-order valence-corrected chi connectivity index (χ1v) is 11.9. The second kappa shape index (κ2) is 10.1. The summed E-state index contributed by atoms with van der Waals surface area (Å²) < 4.78 is 37.4. The average Bonchev–Trinajstić information content (AvgIpc) is 3.29. The molecule has 1 amide bonds. The van der Waals surface area contributed by atoms with E-state index in [1.807, 2.05) is 60.4 Å². The fraction of sp³-hybridized carbons (Fsp3) is 0.360. The number of hydrogen-bond donors (Lipinski definition) is 1. The Balaban J connectivity index is 1.38. The third-order valence-corrected chi connectivity index (χ3v) is 6.95. The zero-order chi connectivity index (χ0) is 23.4. The third-order valence-electron chi connectivity index (χ3n) is 5.94. The molecule has 8 heteroatoms. The molecule has 1 N–H and O–H groups in total. The highest BCUT2D eigenvalue weighted by Gasteiger charge is 2.30. The van der Waals surface area contributed by atoms with Gasteiger partial charge in [0.1, 0.15) is 5.69 Å². The van der Waals surface area contributed by atoms with Crippen molar-refractivity contribution in [3.63, 3.8) is 0 Å². The molecule has 0 saturated carbocycles. The number of aryl methyl sites for hydroxylation is 1. The van der Waals surface area contributed by atoms with Gasteiger partial charge in [-0.1, -0.05) is 48.0 Å². The van der Waals surface area contributed by atoms with Crippen molar-refractivity contribution in [1.82, 2.24) is 9.88 Å². The van der Waals surface area contributed by atoms with Crippen LogP contribution < -0.4 is 5.32 Å². The topological polar surface area (TPSA) is 45.2 Å². The van der Waals surface area contributed by atoms with E-state index in [1.165, 1.54) is 16.9 Å². The van der Waals surface area contributed by atoms with Crippen molar-refractivity contribution >= 4 is 22.9 Å². The average molecular weight is 474 g/mol. The monoisotopic (exact) mass is 473 g/mol. The number of amides is 1. The third kappa shape index (κ3) is 6.21. The van der Waals surface area contributed by atoms with Crippen LogP contribution in [0.25, 0.3) is 11.1 Å². The Bertz CT molecular complexity index is 1090. The Morgan fingerprint density at radius 2 is 1.82 bits per heavy atom. The van der Waals surface area contributed by atoms with E-state index in [4.69, 9.17) is 0 Å². The van der Waals surface area contributed by atoms with Crippen LogP contribution in [0, 0.1) is 6.92 Å². The molecule has 4 nitrogen and oxygen atoms in total. The minimum Gasteiger partial charge on any atom is -0.320 e. The largest absolute Gasteiger partial charge is 0.390 e. The van der Waals surface area contributed by atoms with Gasteiger partial charge >= 0.3 is 6.18 Å². The number of nitrogens with zero attached hydrogens (tertiary/aromatic N) is 2. The molecule has 4 rings (SSSR count). The van der Waals surface area contributed by atoms with Gasteiger partial charge in [-0.25, -0.2) is 4.98 Å². The highest BCUT2D eigenvalue weighted by Crippen LogP contribution is 2.32. The van der Waals surface area contributed by atoms with Gasteiger partial charge in [0.15, 0.2) is 0 Å². The maximum Gasteiger partial charge on any atom is 0.390 e. The molecule has 174 valence electrons. The van der Waals surface area contributed by atoms with Crippen LogP contribution in [0.5, 0.6) is 0 Å². The smallest absolute Gasteiger partial charge is 0.320 e. The first-order chi connectivity index (χ1) is 15.8. The maximum absolute atomic E-state index is 12.9. The fourth-order valence-electron chi connectivity index (χ4n) is 4.03. The fourth-order valence-corrected chi connectivity index (χ4v) is 5.00. The minimum absolute atomic E-state index is 0.0438. The van der Waals surface area contributed by atoms with Crippen molar-refractivity contribution in [1.29, 1.82) is 0 Å². The number of alkyl halides is 3. The molecule has 0 atom stereocenters. The van der Waals surface area contributed by atoms with Gasteiger partial charge in [0, 0.05) is 29.1 Å². The SMILES string of the molecule is Cc1ccc(-c2ccccc2NC(=O)c2csc(C3CCN(CCC(F)(F)F)CC3)n2)cc1. The van der Waals surface area contributed by atoms with Crippen molar-refractivity contribution < 1.29 is 18.0 Å². The summed E-state index contributed by atoms with van der Waals surface area (Å²) >= 11 is 1.45. The number of halogens is 3. The lowest BCUT2D eigenvalue weighted by atomic mass is 9.97. The maximum atomic E-state index is 12.9. The summed E-state index contributed by atoms with van der Waals surface area (Å²) in [5.41, 5.74) is 4.22. The summed E-state index contributed by atoms with van der Waals surface area (Å²) in [6.07, 6.45) is -3.39. The van der Waals surface area contributed by atoms with Crippen molar-refractivity contribution in [2.45, 2.75) is 38.3 Å². The van der Waals surface area contributed by atoms with Crippen molar-refractivity contribution in [3.05, 3.63) is 70.2 Å². The molecular weight excluding hydrogens is 447 g/mol. The number of anilines is 1. The van der Waals surface area contributed by atoms with Crippen LogP contribution in [0.2, 0.25) is 0 Å². The van der Waals surface area contributed by atoms with Gasteiger partial charge in [0.25, 0.3) is 5.91 Å². The van der Waals surface area contributed by atoms with Gasteiger partial charge in [0.05, 0.1) is 11.4 Å². The molecule has 2 heterocycles. The van der Waals surface area contributed by atoms with E-state index >= 15 is 0 Å². The molecule has 33 heavy (non-hydrogen) atoms. The van der Waals surface area contributed by atoms with Crippen molar-refractivity contribution in [3.8, 4) is 11.1 Å². The number of para-hydroxylation sites is 1. The van der Waals surface area contributed by atoms with Crippen LogP contribution in [0.3, 0.4) is 0 Å². The first-order valence-electron chi connectivity index (χ1n) is 11.0. The van der Waals surface area contributed by atoms with E-state index in [0.29, 0.717) is 18.8 Å². The number of nitrogens with one attached hydrogen (secondary N) is 1. The van der Waals surface area contributed by atoms with Crippen LogP contribution in [0.15, 0.2) is 53.9 Å². The predicted molar refractivity (Wildman–Crippen MR) is 126 cm³/mol. The molecule has 1 aliphatic heterocycles. The molecule has 1 saturated heterocycles. The highest BCUT2D eigenvalue weighted by molar-refractivity contribution is 7.10. The molecule has 1 fully saturated rings. The summed E-state index contributed by atoms with van der Waals surface area (Å²) in [4.78, 5) is 19.3. The molecule has 0 radical (unpaired) electrons. The Hall–Kier alpha value is -2.71. The molecule has 0 bridgehead atoms. The van der Waals surface area contributed by atoms with E-state index in [2.05, 4.69) is 10.3 Å². The molecule has 3 aromatic rings. The lowest BCUT2D eigenvalue weighted by Crippen LogP contribution is -2.35. The molecule has 0 unspecified atom stereocenters. The normalized spacial score (nSPS) is 15.5. The summed E-state index contributed by atoms with van der Waals surface area (Å²) in [5, 5.41) is 5.62. The molecule has 2 aromatic carbocycles. The lowest BCUT2D eigenvalue weighted by molar-refractivity contribution is -0.138. The standard InChI is InChI=1S/C25H26F3N3OS/c1-17-6-8-18(9-7-17)20-4-2-3-5-21(20)29-23(32)22-16-33-24(30-22)19-10-13-31(14-11-19)15-12-25(26,27)28/h2-9,16,19H,10-15H2,1H3,(H,29,32). The van der Waals surface area contributed by atoms with Crippen LogP contribution in [0.1, 0.15) is 46.2 Å². The number of hydrogen-bond acceptors (Lipinski definition) is 4. The molecular formula is C25H26F3N3OS. The Labute approximate surface area is 195 Å². The summed E-state index contributed by atoms with van der Waals surface area (Å²) in [6.45, 7) is 3.31. The molecule has 0 aliphatic carbocycles. The second-order valence-corrected chi connectivity index (χ2v) is 9.31. The number of benzene rings is 2. The zero-order valence-corrected chi connectivity index (χ0v) is 19.2. The highest BCUT2D eigenvalue weighted by atomic mass is 32.1. The van der Waals surface area contributed by atoms with E-state index in [0.717, 1.165) is 34.7 Å². The first kappa shape index (κ1) is 23.4. The van der Waals surface area contributed by atoms with Gasteiger partial charge in [-0.2, -0.15) is 13.2 Å². The molecule has 1 aromatic heterocycles. The minimum atomic E-state index is -4.12. The van der Waals surface area contributed by atoms with Gasteiger partial charge in [-0.3, -0.25) is 4.79 Å². The number of likely N-dealkylation sites (tertiary alicyclic amines) is 1. The number of thiazole rings is 1. The van der Waals surface area contributed by atoms with E-state index < -0.39 is 12.6 Å². The van der Waals surface area contributed by atoms with Crippen LogP contribution in [-0.4, -0.2) is 41.6 Å². The quantitative estimate of drug-likeness (QED) is 0.444. The number of piperidine rings is 1. The van der Waals surface area contributed by atoms with Crippen LogP contribution in [-0.2, 0) is 0 Å². The predicted octanol–water partition coefficient (Wildman–Crippen LogP) is 6.50. The molecule has 0 spiro atoms. The summed E-state index contributed by atoms with van der Waals surface area (Å²) in [6, 6.07) is 15.8. The second-order valence-electron chi connectivity index (χ2n) is 8.42. The van der Waals surface area contributed by atoms with Crippen LogP contribution in [0.4, 0.5) is 18.9 Å². The van der Waals surface area contributed by atoms with Crippen molar-refractivity contribution in [2.24, 2.45) is 0 Å². The molecule has 1 aliphatic rings. The van der Waals surface area contributed by atoms with E-state index in [1.54, 1.807) is 5.38 Å². The van der Waals surface area contributed by atoms with Crippen LogP contribution >= 0.6 is 11.3 Å². The number of rotatable bonds is 6. The van der Waals surface area contributed by atoms with Gasteiger partial charge < -0.3 is 10.2 Å².